The summed E-state index contributed by atoms with van der Waals surface area (Å²) in [4.78, 5) is 18.1. The van der Waals surface area contributed by atoms with E-state index in [1.807, 2.05) is 0 Å². The lowest BCUT2D eigenvalue weighted by Gasteiger charge is -1.89. The van der Waals surface area contributed by atoms with Gasteiger partial charge in [0.15, 0.2) is 0 Å². The van der Waals surface area contributed by atoms with Gasteiger partial charge in [-0.15, -0.1) is 0 Å². The minimum atomic E-state index is -0.466. The Balaban J connectivity index is 2.75. The van der Waals surface area contributed by atoms with Gasteiger partial charge in [-0.05, 0) is 11.3 Å². The van der Waals surface area contributed by atoms with Crippen molar-refractivity contribution in [2.75, 3.05) is 5.73 Å². The number of hydrogen-bond acceptors (Lipinski definition) is 6. The average Bonchev–Trinajstić information content (AvgIpc) is 2.49. The molecule has 0 aromatic carbocycles. The van der Waals surface area contributed by atoms with Gasteiger partial charge in [-0.25, -0.2) is 9.97 Å². The minimum absolute atomic E-state index is 0.0298. The van der Waals surface area contributed by atoms with Crippen LogP contribution in [0.2, 0.25) is 0 Å². The number of hydrogen-bond donors (Lipinski definition) is 1. The van der Waals surface area contributed by atoms with Crippen molar-refractivity contribution in [2.45, 2.75) is 0 Å². The molecule has 13 heavy (non-hydrogen) atoms. The van der Waals surface area contributed by atoms with Gasteiger partial charge in [-0.1, -0.05) is 0 Å². The predicted molar refractivity (Wildman–Crippen MR) is 48.5 cm³/mol. The lowest BCUT2D eigenvalue weighted by molar-refractivity contribution is -0.380. The number of aromatic nitrogens is 2. The van der Waals surface area contributed by atoms with Crippen molar-refractivity contribution < 1.29 is 4.92 Å². The molecule has 0 aliphatic carbocycles. The molecule has 0 atom stereocenters. The monoisotopic (exact) mass is 196 g/mol. The molecule has 0 radical (unpaired) electrons. The van der Waals surface area contributed by atoms with E-state index in [0.717, 1.165) is 11.3 Å². The van der Waals surface area contributed by atoms with Crippen LogP contribution in [0.25, 0.3) is 10.2 Å². The summed E-state index contributed by atoms with van der Waals surface area (Å²) in [5.74, 6) is 0.273. The van der Waals surface area contributed by atoms with Gasteiger partial charge >= 0.3 is 5.00 Å². The predicted octanol–water partition coefficient (Wildman–Crippen LogP) is 1.18. The second kappa shape index (κ2) is 2.63. The molecule has 2 aromatic heterocycles. The first-order chi connectivity index (χ1) is 6.18. The molecule has 2 aromatic rings. The number of nitrogen functional groups attached to an aromatic ring is 1. The zero-order chi connectivity index (χ0) is 9.42. The molecule has 0 fully saturated rings. The van der Waals surface area contributed by atoms with Crippen molar-refractivity contribution >= 4 is 32.4 Å². The van der Waals surface area contributed by atoms with Gasteiger partial charge in [0.05, 0.1) is 10.3 Å². The zero-order valence-corrected chi connectivity index (χ0v) is 7.11. The van der Waals surface area contributed by atoms with Crippen LogP contribution in [0.4, 0.5) is 10.8 Å². The maximum Gasteiger partial charge on any atom is 0.326 e. The van der Waals surface area contributed by atoms with Crippen LogP contribution < -0.4 is 5.73 Å². The highest BCUT2D eigenvalue weighted by atomic mass is 32.1. The number of fused-ring (bicyclic) bond motifs is 1. The van der Waals surface area contributed by atoms with Crippen molar-refractivity contribution in [3.8, 4) is 0 Å². The van der Waals surface area contributed by atoms with E-state index in [2.05, 4.69) is 9.97 Å². The smallest absolute Gasteiger partial charge is 0.326 e. The topological polar surface area (TPSA) is 94.9 Å². The third-order valence-corrected chi connectivity index (χ3v) is 2.52. The standard InChI is InChI=1S/C6H4N4O2S/c7-5-3-1-4(10(11)12)13-6(3)9-2-8-5/h1-2H,(H2,7,8,9). The van der Waals surface area contributed by atoms with E-state index in [-0.39, 0.29) is 10.8 Å². The normalized spacial score (nSPS) is 10.5. The van der Waals surface area contributed by atoms with Gasteiger partial charge in [0, 0.05) is 6.07 Å². The Bertz CT molecular complexity index is 480. The van der Waals surface area contributed by atoms with Crippen LogP contribution >= 0.6 is 11.3 Å². The molecule has 0 aliphatic heterocycles. The van der Waals surface area contributed by atoms with Gasteiger partial charge in [0.1, 0.15) is 17.0 Å². The molecule has 0 spiro atoms. The fourth-order valence-electron chi connectivity index (χ4n) is 0.951. The molecule has 2 heterocycles. The lowest BCUT2D eigenvalue weighted by atomic mass is 10.4. The second-order valence-electron chi connectivity index (χ2n) is 2.32. The Labute approximate surface area is 76.2 Å². The molecule has 0 amide bonds. The summed E-state index contributed by atoms with van der Waals surface area (Å²) in [5.41, 5.74) is 5.50. The molecular formula is C6H4N4O2S. The molecule has 0 aliphatic rings. The van der Waals surface area contributed by atoms with Gasteiger partial charge in [-0.3, -0.25) is 10.1 Å². The third kappa shape index (κ3) is 1.18. The van der Waals surface area contributed by atoms with E-state index >= 15 is 0 Å². The van der Waals surface area contributed by atoms with Crippen LogP contribution in [0.5, 0.6) is 0 Å². The largest absolute Gasteiger partial charge is 0.383 e. The Morgan fingerprint density at radius 3 is 2.92 bits per heavy atom. The molecule has 2 N–H and O–H groups in total. The number of thiophene rings is 1. The maximum atomic E-state index is 10.4. The number of anilines is 1. The SMILES string of the molecule is Nc1ncnc2sc([N+](=O)[O-])cc12. The summed E-state index contributed by atoms with van der Waals surface area (Å²) < 4.78 is 0. The zero-order valence-electron chi connectivity index (χ0n) is 6.30. The summed E-state index contributed by atoms with van der Waals surface area (Å²) in [7, 11) is 0. The highest BCUT2D eigenvalue weighted by molar-refractivity contribution is 7.21. The van der Waals surface area contributed by atoms with Crippen molar-refractivity contribution in [1.29, 1.82) is 0 Å². The Hall–Kier alpha value is -1.76. The Morgan fingerprint density at radius 1 is 1.54 bits per heavy atom. The fraction of sp³-hybridized carbons (Fsp3) is 0. The van der Waals surface area contributed by atoms with E-state index < -0.39 is 4.92 Å². The van der Waals surface area contributed by atoms with Gasteiger partial charge in [-0.2, -0.15) is 0 Å². The van der Waals surface area contributed by atoms with Gasteiger partial charge in [0.25, 0.3) is 0 Å². The lowest BCUT2D eigenvalue weighted by Crippen LogP contribution is -1.89. The molecular weight excluding hydrogens is 192 g/mol. The molecule has 0 saturated carbocycles. The Morgan fingerprint density at radius 2 is 2.31 bits per heavy atom. The molecule has 0 bridgehead atoms. The van der Waals surface area contributed by atoms with Crippen LogP contribution in [-0.2, 0) is 0 Å². The quantitative estimate of drug-likeness (QED) is 0.545. The summed E-state index contributed by atoms with van der Waals surface area (Å²) in [6, 6.07) is 1.38. The van der Waals surface area contributed by atoms with Crippen LogP contribution in [0.1, 0.15) is 0 Å². The maximum absolute atomic E-state index is 10.4. The van der Waals surface area contributed by atoms with Crippen molar-refractivity contribution in [1.82, 2.24) is 9.97 Å². The summed E-state index contributed by atoms with van der Waals surface area (Å²) in [5, 5.41) is 11.0. The first kappa shape index (κ1) is 7.87. The molecule has 2 rings (SSSR count). The summed E-state index contributed by atoms with van der Waals surface area (Å²) in [6.45, 7) is 0. The second-order valence-corrected chi connectivity index (χ2v) is 3.33. The van der Waals surface area contributed by atoms with Crippen molar-refractivity contribution in [3.63, 3.8) is 0 Å². The summed E-state index contributed by atoms with van der Waals surface area (Å²) in [6.07, 6.45) is 1.29. The highest BCUT2D eigenvalue weighted by Crippen LogP contribution is 2.31. The highest BCUT2D eigenvalue weighted by Gasteiger charge is 2.13. The molecule has 0 saturated heterocycles. The van der Waals surface area contributed by atoms with Gasteiger partial charge in [0.2, 0.25) is 0 Å². The van der Waals surface area contributed by atoms with Gasteiger partial charge < -0.3 is 5.73 Å². The minimum Gasteiger partial charge on any atom is -0.383 e. The van der Waals surface area contributed by atoms with Crippen LogP contribution in [0.3, 0.4) is 0 Å². The van der Waals surface area contributed by atoms with E-state index in [4.69, 9.17) is 5.73 Å². The van der Waals surface area contributed by atoms with Crippen molar-refractivity contribution in [3.05, 3.63) is 22.5 Å². The first-order valence-electron chi connectivity index (χ1n) is 3.33. The van der Waals surface area contributed by atoms with Crippen LogP contribution in [0.15, 0.2) is 12.4 Å². The van der Waals surface area contributed by atoms with E-state index in [1.165, 1.54) is 12.4 Å². The number of nitrogens with zero attached hydrogens (tertiary/aromatic N) is 3. The molecule has 6 nitrogen and oxygen atoms in total. The summed E-state index contributed by atoms with van der Waals surface area (Å²) >= 11 is 0.989. The third-order valence-electron chi connectivity index (χ3n) is 1.53. The average molecular weight is 196 g/mol. The fourth-order valence-corrected chi connectivity index (χ4v) is 1.77. The van der Waals surface area contributed by atoms with Crippen LogP contribution in [0, 0.1) is 10.1 Å². The number of nitrogens with two attached hydrogens (primary N) is 1. The molecule has 66 valence electrons. The molecule has 7 heteroatoms. The Kier molecular flexibility index (Phi) is 1.59. The van der Waals surface area contributed by atoms with E-state index in [0.29, 0.717) is 10.2 Å². The van der Waals surface area contributed by atoms with E-state index in [1.54, 1.807) is 0 Å². The first-order valence-corrected chi connectivity index (χ1v) is 4.14. The number of nitro groups is 1. The number of rotatable bonds is 1. The molecule has 0 unspecified atom stereocenters. The van der Waals surface area contributed by atoms with E-state index in [9.17, 15) is 10.1 Å². The van der Waals surface area contributed by atoms with Crippen LogP contribution in [-0.4, -0.2) is 14.9 Å². The van der Waals surface area contributed by atoms with Crippen molar-refractivity contribution in [2.24, 2.45) is 0 Å².